The molecule has 0 radical (unpaired) electrons. The first-order chi connectivity index (χ1) is 5.33. The second kappa shape index (κ2) is 3.96. The molecule has 0 aliphatic heterocycles. The lowest BCUT2D eigenvalue weighted by Gasteiger charge is -1.82. The van der Waals surface area contributed by atoms with Gasteiger partial charge in [0.05, 0.1) is 13.2 Å². The molecule has 0 aliphatic rings. The highest BCUT2D eigenvalue weighted by Crippen LogP contribution is 1.87. The van der Waals surface area contributed by atoms with Gasteiger partial charge in [0.15, 0.2) is 0 Å². The molecule has 1 aromatic heterocycles. The standard InChI is InChI=1S/C9H15N2/c1-3-4-5-6-11-8-7-10(2)9-11/h5-9H,3-4H2,1-2H3/q+1. The summed E-state index contributed by atoms with van der Waals surface area (Å²) in [7, 11) is 2.02. The van der Waals surface area contributed by atoms with Crippen molar-refractivity contribution in [3.63, 3.8) is 0 Å². The molecule has 2 heteroatoms. The molecule has 2 nitrogen and oxygen atoms in total. The number of aryl methyl sites for hydroxylation is 1. The fraction of sp³-hybridized carbons (Fsp3) is 0.444. The van der Waals surface area contributed by atoms with Gasteiger partial charge in [-0.15, -0.1) is 0 Å². The van der Waals surface area contributed by atoms with E-state index in [1.54, 1.807) is 0 Å². The van der Waals surface area contributed by atoms with Crippen LogP contribution in [0.3, 0.4) is 0 Å². The lowest BCUT2D eigenvalue weighted by molar-refractivity contribution is -0.567. The smallest absolute Gasteiger partial charge is 0.239 e. The molecule has 0 aliphatic carbocycles. The molecule has 1 aromatic rings. The minimum atomic E-state index is 1.15. The van der Waals surface area contributed by atoms with Gasteiger partial charge < -0.3 is 0 Å². The molecule has 0 unspecified atom stereocenters. The number of unbranched alkanes of at least 4 members (excludes halogenated alkanes) is 1. The molecule has 60 valence electrons. The molecule has 11 heavy (non-hydrogen) atoms. The summed E-state index contributed by atoms with van der Waals surface area (Å²) in [6, 6.07) is 0. The van der Waals surface area contributed by atoms with Crippen molar-refractivity contribution in [1.82, 2.24) is 4.57 Å². The Balaban J connectivity index is 2.50. The van der Waals surface area contributed by atoms with Gasteiger partial charge in [-0.2, -0.15) is 0 Å². The quantitative estimate of drug-likeness (QED) is 0.580. The van der Waals surface area contributed by atoms with Crippen LogP contribution < -0.4 is 4.57 Å². The Bertz CT molecular complexity index is 235. The fourth-order valence-electron chi connectivity index (χ4n) is 0.921. The number of allylic oxidation sites excluding steroid dienone is 1. The number of hydrogen-bond donors (Lipinski definition) is 0. The highest BCUT2D eigenvalue weighted by Gasteiger charge is 1.92. The third kappa shape index (κ3) is 2.58. The molecule has 0 saturated heterocycles. The first-order valence-electron chi connectivity index (χ1n) is 4.02. The van der Waals surface area contributed by atoms with E-state index < -0.39 is 0 Å². The van der Waals surface area contributed by atoms with Crippen LogP contribution in [0.1, 0.15) is 19.8 Å². The van der Waals surface area contributed by atoms with Crippen LogP contribution in [-0.4, -0.2) is 4.57 Å². The third-order valence-corrected chi connectivity index (χ3v) is 1.52. The van der Waals surface area contributed by atoms with E-state index in [0.717, 1.165) is 6.42 Å². The molecular weight excluding hydrogens is 136 g/mol. The Kier molecular flexibility index (Phi) is 2.90. The highest BCUT2D eigenvalue weighted by atomic mass is 15.1. The zero-order valence-corrected chi connectivity index (χ0v) is 7.20. The van der Waals surface area contributed by atoms with Crippen LogP contribution in [0.25, 0.3) is 6.20 Å². The van der Waals surface area contributed by atoms with Gasteiger partial charge in [0.2, 0.25) is 6.33 Å². The zero-order chi connectivity index (χ0) is 8.10. The van der Waals surface area contributed by atoms with E-state index in [1.807, 2.05) is 30.3 Å². The Morgan fingerprint density at radius 2 is 2.36 bits per heavy atom. The van der Waals surface area contributed by atoms with Gasteiger partial charge in [0.1, 0.15) is 12.4 Å². The fourth-order valence-corrected chi connectivity index (χ4v) is 0.921. The predicted molar refractivity (Wildman–Crippen MR) is 45.8 cm³/mol. The normalized spacial score (nSPS) is 11.1. The van der Waals surface area contributed by atoms with Crippen LogP contribution in [0.4, 0.5) is 0 Å². The molecule has 0 fully saturated rings. The zero-order valence-electron chi connectivity index (χ0n) is 7.20. The Labute approximate surface area is 67.8 Å². The molecule has 0 atom stereocenters. The van der Waals surface area contributed by atoms with E-state index in [9.17, 15) is 0 Å². The van der Waals surface area contributed by atoms with Crippen molar-refractivity contribution in [3.8, 4) is 0 Å². The molecule has 0 spiro atoms. The van der Waals surface area contributed by atoms with Crippen molar-refractivity contribution < 1.29 is 4.57 Å². The van der Waals surface area contributed by atoms with E-state index in [1.165, 1.54) is 6.42 Å². The second-order valence-corrected chi connectivity index (χ2v) is 2.70. The monoisotopic (exact) mass is 151 g/mol. The van der Waals surface area contributed by atoms with Crippen molar-refractivity contribution in [3.05, 3.63) is 24.8 Å². The van der Waals surface area contributed by atoms with Crippen LogP contribution in [0.5, 0.6) is 0 Å². The van der Waals surface area contributed by atoms with Crippen molar-refractivity contribution in [2.75, 3.05) is 0 Å². The summed E-state index contributed by atoms with van der Waals surface area (Å²) in [5, 5.41) is 0. The number of imidazole rings is 1. The first-order valence-corrected chi connectivity index (χ1v) is 4.02. The van der Waals surface area contributed by atoms with E-state index in [-0.39, 0.29) is 0 Å². The number of rotatable bonds is 3. The summed E-state index contributed by atoms with van der Waals surface area (Å²) < 4.78 is 4.08. The molecular formula is C9H15N2+. The molecule has 1 heterocycles. The van der Waals surface area contributed by atoms with Gasteiger partial charge in [-0.05, 0) is 12.5 Å². The maximum atomic E-state index is 2.18. The number of aromatic nitrogens is 2. The predicted octanol–water partition coefficient (Wildman–Crippen LogP) is 1.58. The van der Waals surface area contributed by atoms with Gasteiger partial charge >= 0.3 is 0 Å². The Morgan fingerprint density at radius 1 is 1.55 bits per heavy atom. The topological polar surface area (TPSA) is 8.81 Å². The molecule has 0 N–H and O–H groups in total. The van der Waals surface area contributed by atoms with Gasteiger partial charge in [-0.1, -0.05) is 13.3 Å². The van der Waals surface area contributed by atoms with Gasteiger partial charge in [-0.25, -0.2) is 9.13 Å². The van der Waals surface area contributed by atoms with Crippen LogP contribution in [0.2, 0.25) is 0 Å². The maximum Gasteiger partial charge on any atom is 0.248 e. The molecule has 0 saturated carbocycles. The summed E-state index contributed by atoms with van der Waals surface area (Å²) in [6.07, 6.45) is 12.7. The summed E-state index contributed by atoms with van der Waals surface area (Å²) >= 11 is 0. The van der Waals surface area contributed by atoms with Crippen LogP contribution in [-0.2, 0) is 7.05 Å². The average molecular weight is 151 g/mol. The number of nitrogens with zero attached hydrogens (tertiary/aromatic N) is 2. The molecule has 0 amide bonds. The van der Waals surface area contributed by atoms with Crippen LogP contribution in [0.15, 0.2) is 24.8 Å². The Morgan fingerprint density at radius 3 is 2.91 bits per heavy atom. The van der Waals surface area contributed by atoms with Crippen LogP contribution in [0, 0.1) is 0 Å². The molecule has 1 rings (SSSR count). The van der Waals surface area contributed by atoms with E-state index in [4.69, 9.17) is 0 Å². The second-order valence-electron chi connectivity index (χ2n) is 2.70. The minimum Gasteiger partial charge on any atom is -0.239 e. The van der Waals surface area contributed by atoms with Gasteiger partial charge in [0.25, 0.3) is 0 Å². The van der Waals surface area contributed by atoms with Crippen molar-refractivity contribution in [2.24, 2.45) is 7.05 Å². The van der Waals surface area contributed by atoms with Crippen molar-refractivity contribution >= 4 is 6.20 Å². The highest BCUT2D eigenvalue weighted by molar-refractivity contribution is 5.04. The Hall–Kier alpha value is -1.05. The van der Waals surface area contributed by atoms with E-state index in [0.29, 0.717) is 0 Å². The lowest BCUT2D eigenvalue weighted by Crippen LogP contribution is -2.21. The van der Waals surface area contributed by atoms with E-state index in [2.05, 4.69) is 23.8 Å². The van der Waals surface area contributed by atoms with Gasteiger partial charge in [-0.3, -0.25) is 0 Å². The minimum absolute atomic E-state index is 1.15. The summed E-state index contributed by atoms with van der Waals surface area (Å²) in [4.78, 5) is 0. The molecule has 0 aromatic carbocycles. The summed E-state index contributed by atoms with van der Waals surface area (Å²) in [5.41, 5.74) is 0. The van der Waals surface area contributed by atoms with Crippen molar-refractivity contribution in [1.29, 1.82) is 0 Å². The lowest BCUT2D eigenvalue weighted by atomic mass is 10.3. The third-order valence-electron chi connectivity index (χ3n) is 1.52. The summed E-state index contributed by atoms with van der Waals surface area (Å²) in [6.45, 7) is 2.18. The van der Waals surface area contributed by atoms with Gasteiger partial charge in [0, 0.05) is 0 Å². The molecule has 0 bridgehead atoms. The summed E-state index contributed by atoms with van der Waals surface area (Å²) in [5.74, 6) is 0. The SMILES string of the molecule is CCCC=C[n+]1ccn(C)c1. The average Bonchev–Trinajstić information content (AvgIpc) is 2.37. The van der Waals surface area contributed by atoms with Crippen LogP contribution >= 0.6 is 0 Å². The largest absolute Gasteiger partial charge is 0.248 e. The first kappa shape index (κ1) is 8.05. The number of hydrogen-bond acceptors (Lipinski definition) is 0. The van der Waals surface area contributed by atoms with E-state index >= 15 is 0 Å². The van der Waals surface area contributed by atoms with Crippen molar-refractivity contribution in [2.45, 2.75) is 19.8 Å². The maximum absolute atomic E-state index is 2.18.